The smallest absolute Gasteiger partial charge is 0.303 e. The Morgan fingerprint density at radius 2 is 2.24 bits per heavy atom. The number of carboxylic acid groups (broad SMARTS) is 1. The van der Waals surface area contributed by atoms with Crippen LogP contribution in [0.3, 0.4) is 0 Å². The Balaban J connectivity index is 1.92. The highest BCUT2D eigenvalue weighted by Crippen LogP contribution is 2.30. The quantitative estimate of drug-likeness (QED) is 0.828. The number of rotatable bonds is 6. The highest BCUT2D eigenvalue weighted by atomic mass is 19.1. The molecule has 1 aliphatic carbocycles. The van der Waals surface area contributed by atoms with Crippen LogP contribution in [-0.4, -0.2) is 17.7 Å². The van der Waals surface area contributed by atoms with Crippen molar-refractivity contribution in [3.63, 3.8) is 0 Å². The van der Waals surface area contributed by atoms with Crippen molar-refractivity contribution in [1.29, 1.82) is 0 Å². The first-order chi connectivity index (χ1) is 8.15. The molecule has 0 saturated heterocycles. The van der Waals surface area contributed by atoms with Crippen molar-refractivity contribution >= 4 is 5.97 Å². The van der Waals surface area contributed by atoms with Crippen LogP contribution in [0.4, 0.5) is 4.39 Å². The van der Waals surface area contributed by atoms with E-state index in [1.54, 1.807) is 12.1 Å². The van der Waals surface area contributed by atoms with Crippen LogP contribution in [0.5, 0.6) is 5.75 Å². The zero-order valence-electron chi connectivity index (χ0n) is 9.49. The van der Waals surface area contributed by atoms with Crippen LogP contribution >= 0.6 is 0 Å². The number of ether oxygens (including phenoxy) is 1. The molecule has 92 valence electrons. The average Bonchev–Trinajstić information content (AvgIpc) is 3.09. The first kappa shape index (κ1) is 11.9. The first-order valence-electron chi connectivity index (χ1n) is 5.78. The van der Waals surface area contributed by atoms with Gasteiger partial charge in [-0.2, -0.15) is 0 Å². The Labute approximate surface area is 99.2 Å². The van der Waals surface area contributed by atoms with Crippen LogP contribution in [0, 0.1) is 11.7 Å². The third-order valence-electron chi connectivity index (χ3n) is 2.80. The lowest BCUT2D eigenvalue weighted by molar-refractivity contribution is -0.136. The summed E-state index contributed by atoms with van der Waals surface area (Å²) in [6.45, 7) is 0.575. The summed E-state index contributed by atoms with van der Waals surface area (Å²) in [5.74, 6) is -0.440. The largest absolute Gasteiger partial charge is 0.490 e. The molecule has 0 radical (unpaired) electrons. The Kier molecular flexibility index (Phi) is 3.61. The SMILES string of the molecule is O=C(O)CCc1ccc(OCC2CC2)c(F)c1. The molecule has 0 atom stereocenters. The second kappa shape index (κ2) is 5.17. The molecule has 2 rings (SSSR count). The van der Waals surface area contributed by atoms with Crippen molar-refractivity contribution in [3.8, 4) is 5.75 Å². The highest BCUT2D eigenvalue weighted by Gasteiger charge is 2.22. The molecule has 17 heavy (non-hydrogen) atoms. The normalized spacial score (nSPS) is 14.6. The van der Waals surface area contributed by atoms with Gasteiger partial charge < -0.3 is 9.84 Å². The molecule has 1 saturated carbocycles. The predicted molar refractivity (Wildman–Crippen MR) is 60.6 cm³/mol. The fourth-order valence-corrected chi connectivity index (χ4v) is 1.56. The fourth-order valence-electron chi connectivity index (χ4n) is 1.56. The molecule has 0 spiro atoms. The van der Waals surface area contributed by atoms with Crippen LogP contribution in [0.15, 0.2) is 18.2 Å². The summed E-state index contributed by atoms with van der Waals surface area (Å²) in [6.07, 6.45) is 2.69. The predicted octanol–water partition coefficient (Wildman–Crippen LogP) is 2.63. The molecule has 0 unspecified atom stereocenters. The maximum atomic E-state index is 13.6. The van der Waals surface area contributed by atoms with Gasteiger partial charge in [-0.3, -0.25) is 4.79 Å². The molecule has 4 heteroatoms. The van der Waals surface area contributed by atoms with Crippen molar-refractivity contribution < 1.29 is 19.0 Å². The van der Waals surface area contributed by atoms with Crippen LogP contribution in [0.1, 0.15) is 24.8 Å². The molecule has 1 aromatic rings. The van der Waals surface area contributed by atoms with Crippen LogP contribution < -0.4 is 4.74 Å². The number of aliphatic carboxylic acids is 1. The molecular weight excluding hydrogens is 223 g/mol. The van der Waals surface area contributed by atoms with Gasteiger partial charge in [-0.1, -0.05) is 6.07 Å². The van der Waals surface area contributed by atoms with Gasteiger partial charge in [0, 0.05) is 6.42 Å². The second-order valence-electron chi connectivity index (χ2n) is 4.41. The summed E-state index contributed by atoms with van der Waals surface area (Å²) in [4.78, 5) is 10.4. The minimum atomic E-state index is -0.875. The van der Waals surface area contributed by atoms with Crippen LogP contribution in [-0.2, 0) is 11.2 Å². The summed E-state index contributed by atoms with van der Waals surface area (Å²) in [5, 5.41) is 8.53. The molecule has 1 N–H and O–H groups in total. The summed E-state index contributed by atoms with van der Waals surface area (Å²) in [7, 11) is 0. The topological polar surface area (TPSA) is 46.5 Å². The third kappa shape index (κ3) is 3.73. The summed E-state index contributed by atoms with van der Waals surface area (Å²) < 4.78 is 18.9. The monoisotopic (exact) mass is 238 g/mol. The Morgan fingerprint density at radius 3 is 2.82 bits per heavy atom. The van der Waals surface area contributed by atoms with Gasteiger partial charge in [-0.25, -0.2) is 4.39 Å². The summed E-state index contributed by atoms with van der Waals surface area (Å²) >= 11 is 0. The minimum absolute atomic E-state index is 0.0156. The lowest BCUT2D eigenvalue weighted by Crippen LogP contribution is -2.02. The lowest BCUT2D eigenvalue weighted by Gasteiger charge is -2.07. The van der Waals surface area contributed by atoms with E-state index in [2.05, 4.69) is 0 Å². The molecular formula is C13H15FO3. The van der Waals surface area contributed by atoms with Gasteiger partial charge in [0.05, 0.1) is 6.61 Å². The maximum Gasteiger partial charge on any atom is 0.303 e. The van der Waals surface area contributed by atoms with E-state index in [1.807, 2.05) is 0 Å². The Bertz CT molecular complexity index is 413. The molecule has 1 aromatic carbocycles. The van der Waals surface area contributed by atoms with Gasteiger partial charge in [-0.15, -0.1) is 0 Å². The van der Waals surface area contributed by atoms with E-state index in [-0.39, 0.29) is 12.2 Å². The molecule has 0 bridgehead atoms. The minimum Gasteiger partial charge on any atom is -0.490 e. The number of benzene rings is 1. The van der Waals surface area contributed by atoms with E-state index in [4.69, 9.17) is 9.84 Å². The first-order valence-corrected chi connectivity index (χ1v) is 5.78. The zero-order chi connectivity index (χ0) is 12.3. The van der Waals surface area contributed by atoms with Crippen molar-refractivity contribution in [2.75, 3.05) is 6.61 Å². The van der Waals surface area contributed by atoms with Gasteiger partial charge in [0.1, 0.15) is 0 Å². The van der Waals surface area contributed by atoms with Gasteiger partial charge in [0.2, 0.25) is 0 Å². The summed E-state index contributed by atoms with van der Waals surface area (Å²) in [6, 6.07) is 4.65. The van der Waals surface area contributed by atoms with Crippen LogP contribution in [0.2, 0.25) is 0 Å². The number of carbonyl (C=O) groups is 1. The molecule has 0 aromatic heterocycles. The Hall–Kier alpha value is -1.58. The molecule has 0 amide bonds. The highest BCUT2D eigenvalue weighted by molar-refractivity contribution is 5.67. The zero-order valence-corrected chi connectivity index (χ0v) is 9.49. The molecule has 1 fully saturated rings. The van der Waals surface area contributed by atoms with E-state index < -0.39 is 11.8 Å². The van der Waals surface area contributed by atoms with E-state index in [9.17, 15) is 9.18 Å². The fraction of sp³-hybridized carbons (Fsp3) is 0.462. The van der Waals surface area contributed by atoms with E-state index in [0.717, 1.165) is 12.8 Å². The molecule has 3 nitrogen and oxygen atoms in total. The second-order valence-corrected chi connectivity index (χ2v) is 4.41. The number of carboxylic acids is 1. The standard InChI is InChI=1S/C13H15FO3/c14-11-7-9(4-6-13(15)16)3-5-12(11)17-8-10-1-2-10/h3,5,7,10H,1-2,4,6,8H2,(H,15,16). The number of halogens is 1. The number of aryl methyl sites for hydroxylation is 1. The van der Waals surface area contributed by atoms with Gasteiger partial charge in [-0.05, 0) is 42.9 Å². The van der Waals surface area contributed by atoms with Gasteiger partial charge in [0.25, 0.3) is 0 Å². The molecule has 0 aliphatic heterocycles. The number of hydrogen-bond acceptors (Lipinski definition) is 2. The van der Waals surface area contributed by atoms with Crippen molar-refractivity contribution in [3.05, 3.63) is 29.6 Å². The van der Waals surface area contributed by atoms with Crippen molar-refractivity contribution in [1.82, 2.24) is 0 Å². The Morgan fingerprint density at radius 1 is 1.47 bits per heavy atom. The van der Waals surface area contributed by atoms with Crippen molar-refractivity contribution in [2.24, 2.45) is 5.92 Å². The lowest BCUT2D eigenvalue weighted by atomic mass is 10.1. The van der Waals surface area contributed by atoms with E-state index >= 15 is 0 Å². The third-order valence-corrected chi connectivity index (χ3v) is 2.80. The molecule has 0 heterocycles. The van der Waals surface area contributed by atoms with E-state index in [0.29, 0.717) is 24.5 Å². The van der Waals surface area contributed by atoms with Gasteiger partial charge >= 0.3 is 5.97 Å². The maximum absolute atomic E-state index is 13.6. The van der Waals surface area contributed by atoms with Crippen LogP contribution in [0.25, 0.3) is 0 Å². The van der Waals surface area contributed by atoms with E-state index in [1.165, 1.54) is 6.07 Å². The van der Waals surface area contributed by atoms with Gasteiger partial charge in [0.15, 0.2) is 11.6 Å². The molecule has 1 aliphatic rings. The number of hydrogen-bond donors (Lipinski definition) is 1. The average molecular weight is 238 g/mol. The van der Waals surface area contributed by atoms with Crippen molar-refractivity contribution in [2.45, 2.75) is 25.7 Å². The summed E-state index contributed by atoms with van der Waals surface area (Å²) in [5.41, 5.74) is 0.684.